The van der Waals surface area contributed by atoms with Gasteiger partial charge in [0.1, 0.15) is 11.0 Å². The molecule has 0 unspecified atom stereocenters. The van der Waals surface area contributed by atoms with E-state index in [0.717, 1.165) is 16.8 Å². The van der Waals surface area contributed by atoms with E-state index in [4.69, 9.17) is 16.7 Å². The van der Waals surface area contributed by atoms with Crippen LogP contribution < -0.4 is 5.32 Å². The van der Waals surface area contributed by atoms with E-state index >= 15 is 0 Å². The lowest BCUT2D eigenvalue weighted by Crippen LogP contribution is -2.17. The van der Waals surface area contributed by atoms with E-state index in [9.17, 15) is 4.39 Å². The van der Waals surface area contributed by atoms with Gasteiger partial charge in [0.2, 0.25) is 0 Å². The number of hydrogen-bond donors (Lipinski definition) is 2. The predicted octanol–water partition coefficient (Wildman–Crippen LogP) is 2.11. The Labute approximate surface area is 122 Å². The van der Waals surface area contributed by atoms with Crippen molar-refractivity contribution >= 4 is 11.6 Å². The maximum absolute atomic E-state index is 12.9. The summed E-state index contributed by atoms with van der Waals surface area (Å²) in [6.07, 6.45) is 0. The van der Waals surface area contributed by atoms with Crippen LogP contribution in [0.5, 0.6) is 0 Å². The number of rotatable bonds is 6. The molecule has 0 saturated carbocycles. The van der Waals surface area contributed by atoms with Crippen LogP contribution in [0.15, 0.2) is 24.3 Å². The average Bonchev–Trinajstić information content (AvgIpc) is 2.69. The minimum Gasteiger partial charge on any atom is -0.395 e. The highest BCUT2D eigenvalue weighted by Gasteiger charge is 2.13. The highest BCUT2D eigenvalue weighted by atomic mass is 35.5. The maximum atomic E-state index is 12.9. The normalized spacial score (nSPS) is 11.0. The number of aliphatic hydroxyl groups excluding tert-OH is 1. The van der Waals surface area contributed by atoms with E-state index in [1.165, 1.54) is 12.1 Å². The van der Waals surface area contributed by atoms with Crippen LogP contribution in [0.3, 0.4) is 0 Å². The zero-order valence-electron chi connectivity index (χ0n) is 11.2. The van der Waals surface area contributed by atoms with Crippen molar-refractivity contribution in [3.05, 3.63) is 52.1 Å². The first-order valence-corrected chi connectivity index (χ1v) is 6.77. The lowest BCUT2D eigenvalue weighted by Gasteiger charge is -2.05. The summed E-state index contributed by atoms with van der Waals surface area (Å²) >= 11 is 6.31. The van der Waals surface area contributed by atoms with E-state index in [1.807, 2.05) is 6.92 Å². The summed E-state index contributed by atoms with van der Waals surface area (Å²) in [7, 11) is 0. The second-order valence-corrected chi connectivity index (χ2v) is 4.90. The zero-order valence-corrected chi connectivity index (χ0v) is 12.0. The van der Waals surface area contributed by atoms with Gasteiger partial charge in [-0.05, 0) is 24.6 Å². The van der Waals surface area contributed by atoms with Crippen LogP contribution >= 0.6 is 11.6 Å². The van der Waals surface area contributed by atoms with E-state index in [1.54, 1.807) is 16.8 Å². The molecule has 0 atom stereocenters. The van der Waals surface area contributed by atoms with Crippen LogP contribution in [-0.2, 0) is 13.1 Å². The van der Waals surface area contributed by atoms with Gasteiger partial charge in [0, 0.05) is 18.7 Å². The zero-order chi connectivity index (χ0) is 14.5. The van der Waals surface area contributed by atoms with Crippen LogP contribution in [0.4, 0.5) is 4.39 Å². The molecule has 108 valence electrons. The van der Waals surface area contributed by atoms with Crippen LogP contribution in [0.2, 0.25) is 5.15 Å². The molecule has 2 N–H and O–H groups in total. The van der Waals surface area contributed by atoms with Gasteiger partial charge in [-0.3, -0.25) is 0 Å². The average molecular weight is 298 g/mol. The van der Waals surface area contributed by atoms with Crippen molar-refractivity contribution in [2.45, 2.75) is 20.0 Å². The van der Waals surface area contributed by atoms with Crippen LogP contribution in [0, 0.1) is 12.7 Å². The smallest absolute Gasteiger partial charge is 0.132 e. The van der Waals surface area contributed by atoms with Gasteiger partial charge in [-0.1, -0.05) is 23.7 Å². The summed E-state index contributed by atoms with van der Waals surface area (Å²) in [5.74, 6) is -0.259. The molecule has 1 heterocycles. The predicted molar refractivity (Wildman–Crippen MR) is 76.3 cm³/mol. The van der Waals surface area contributed by atoms with E-state index in [2.05, 4.69) is 10.4 Å². The summed E-state index contributed by atoms with van der Waals surface area (Å²) in [5.41, 5.74) is 2.70. The summed E-state index contributed by atoms with van der Waals surface area (Å²) < 4.78 is 14.6. The fraction of sp³-hybridized carbons (Fsp3) is 0.357. The summed E-state index contributed by atoms with van der Waals surface area (Å²) in [4.78, 5) is 0. The summed E-state index contributed by atoms with van der Waals surface area (Å²) in [6, 6.07) is 6.27. The van der Waals surface area contributed by atoms with Gasteiger partial charge in [0.25, 0.3) is 0 Å². The second kappa shape index (κ2) is 6.83. The molecule has 0 aliphatic rings. The molecule has 0 bridgehead atoms. The van der Waals surface area contributed by atoms with Gasteiger partial charge in [0.15, 0.2) is 0 Å². The monoisotopic (exact) mass is 297 g/mol. The van der Waals surface area contributed by atoms with Crippen molar-refractivity contribution in [2.24, 2.45) is 0 Å². The topological polar surface area (TPSA) is 50.1 Å². The minimum atomic E-state index is -0.259. The molecule has 0 spiro atoms. The number of nitrogens with one attached hydrogen (secondary N) is 1. The number of aryl methyl sites for hydroxylation is 1. The third-order valence-corrected chi connectivity index (χ3v) is 3.44. The summed E-state index contributed by atoms with van der Waals surface area (Å²) in [5, 5.41) is 16.8. The highest BCUT2D eigenvalue weighted by Crippen LogP contribution is 2.20. The Hall–Kier alpha value is -1.43. The summed E-state index contributed by atoms with van der Waals surface area (Å²) in [6.45, 7) is 3.55. The molecule has 2 rings (SSSR count). The van der Waals surface area contributed by atoms with Crippen LogP contribution in [-0.4, -0.2) is 28.0 Å². The molecule has 0 amide bonds. The first-order chi connectivity index (χ1) is 9.61. The van der Waals surface area contributed by atoms with Gasteiger partial charge in [-0.15, -0.1) is 0 Å². The molecule has 6 heteroatoms. The van der Waals surface area contributed by atoms with E-state index in [0.29, 0.717) is 24.8 Å². The number of aliphatic hydroxyl groups is 1. The molecule has 2 aromatic rings. The molecule has 20 heavy (non-hydrogen) atoms. The maximum Gasteiger partial charge on any atom is 0.132 e. The Morgan fingerprint density at radius 3 is 2.70 bits per heavy atom. The highest BCUT2D eigenvalue weighted by molar-refractivity contribution is 6.30. The number of hydrogen-bond acceptors (Lipinski definition) is 3. The number of halogens is 2. The molecule has 0 fully saturated rings. The lowest BCUT2D eigenvalue weighted by atomic mass is 10.2. The Morgan fingerprint density at radius 2 is 2.05 bits per heavy atom. The fourth-order valence-electron chi connectivity index (χ4n) is 1.95. The Balaban J connectivity index is 2.12. The second-order valence-electron chi connectivity index (χ2n) is 4.54. The standard InChI is InChI=1S/C14H17ClFN3O/c1-10-13(8-17-6-7-20)14(15)19(18-10)9-11-2-4-12(16)5-3-11/h2-5,17,20H,6-9H2,1H3. The van der Waals surface area contributed by atoms with Crippen molar-refractivity contribution in [1.29, 1.82) is 0 Å². The van der Waals surface area contributed by atoms with Gasteiger partial charge in [0.05, 0.1) is 18.8 Å². The SMILES string of the molecule is Cc1nn(Cc2ccc(F)cc2)c(Cl)c1CNCCO. The molecule has 1 aromatic carbocycles. The molecule has 1 aromatic heterocycles. The van der Waals surface area contributed by atoms with Gasteiger partial charge < -0.3 is 10.4 Å². The third-order valence-electron chi connectivity index (χ3n) is 3.02. The van der Waals surface area contributed by atoms with Gasteiger partial charge >= 0.3 is 0 Å². The number of benzene rings is 1. The molecule has 0 radical (unpaired) electrons. The number of aromatic nitrogens is 2. The third kappa shape index (κ3) is 3.56. The van der Waals surface area contributed by atoms with Crippen molar-refractivity contribution in [3.8, 4) is 0 Å². The molecule has 0 saturated heterocycles. The first kappa shape index (κ1) is 15.0. The lowest BCUT2D eigenvalue weighted by molar-refractivity contribution is 0.292. The molecular formula is C14H17ClFN3O. The van der Waals surface area contributed by atoms with Gasteiger partial charge in [-0.2, -0.15) is 5.10 Å². The van der Waals surface area contributed by atoms with Crippen molar-refractivity contribution in [2.75, 3.05) is 13.2 Å². The van der Waals surface area contributed by atoms with Crippen molar-refractivity contribution < 1.29 is 9.50 Å². The van der Waals surface area contributed by atoms with E-state index in [-0.39, 0.29) is 12.4 Å². The number of nitrogens with zero attached hydrogens (tertiary/aromatic N) is 2. The Morgan fingerprint density at radius 1 is 1.35 bits per heavy atom. The van der Waals surface area contributed by atoms with Gasteiger partial charge in [-0.25, -0.2) is 9.07 Å². The van der Waals surface area contributed by atoms with Crippen LogP contribution in [0.1, 0.15) is 16.8 Å². The largest absolute Gasteiger partial charge is 0.395 e. The Bertz CT molecular complexity index is 569. The minimum absolute atomic E-state index is 0.0837. The van der Waals surface area contributed by atoms with Crippen molar-refractivity contribution in [1.82, 2.24) is 15.1 Å². The molecule has 0 aliphatic carbocycles. The van der Waals surface area contributed by atoms with Crippen molar-refractivity contribution in [3.63, 3.8) is 0 Å². The van der Waals surface area contributed by atoms with Crippen LogP contribution in [0.25, 0.3) is 0 Å². The quantitative estimate of drug-likeness (QED) is 0.803. The van der Waals surface area contributed by atoms with E-state index < -0.39 is 0 Å². The molecule has 4 nitrogen and oxygen atoms in total. The molecule has 0 aliphatic heterocycles. The molecular weight excluding hydrogens is 281 g/mol. The Kier molecular flexibility index (Phi) is 5.11. The fourth-order valence-corrected chi connectivity index (χ4v) is 2.25. The first-order valence-electron chi connectivity index (χ1n) is 6.39.